The van der Waals surface area contributed by atoms with Gasteiger partial charge in [-0.3, -0.25) is 9.59 Å². The van der Waals surface area contributed by atoms with Gasteiger partial charge in [-0.05, 0) is 80.7 Å². The SMILES string of the molecule is COc1ccc(C(=O)c2c(Br)cc(C)cc2Br)cc1Cc1ccc(=O)[nH]n1. The summed E-state index contributed by atoms with van der Waals surface area (Å²) >= 11 is 6.97. The topological polar surface area (TPSA) is 72.1 Å². The van der Waals surface area contributed by atoms with Crippen LogP contribution < -0.4 is 10.3 Å². The maximum atomic E-state index is 13.1. The molecule has 5 nitrogen and oxygen atoms in total. The summed E-state index contributed by atoms with van der Waals surface area (Å²) in [6.45, 7) is 1.96. The molecule has 1 N–H and O–H groups in total. The molecule has 0 radical (unpaired) electrons. The molecule has 0 saturated carbocycles. The Hall–Kier alpha value is -2.25. The lowest BCUT2D eigenvalue weighted by Gasteiger charge is -2.12. The smallest absolute Gasteiger partial charge is 0.264 e. The Morgan fingerprint density at radius 2 is 1.81 bits per heavy atom. The Kier molecular flexibility index (Phi) is 5.92. The zero-order valence-corrected chi connectivity index (χ0v) is 17.8. The van der Waals surface area contributed by atoms with Crippen LogP contribution in [-0.4, -0.2) is 23.1 Å². The van der Waals surface area contributed by atoms with Crippen molar-refractivity contribution in [3.63, 3.8) is 0 Å². The molecule has 0 spiro atoms. The van der Waals surface area contributed by atoms with E-state index in [4.69, 9.17) is 4.74 Å². The molecule has 3 rings (SSSR count). The predicted octanol–water partition coefficient (Wildman–Crippen LogP) is 4.43. The zero-order valence-electron chi connectivity index (χ0n) is 14.7. The van der Waals surface area contributed by atoms with E-state index in [1.165, 1.54) is 6.07 Å². The third-order valence-corrected chi connectivity index (χ3v) is 5.32. The first-order valence-corrected chi connectivity index (χ1v) is 9.69. The number of ketones is 1. The number of halogens is 2. The largest absolute Gasteiger partial charge is 0.496 e. The molecule has 0 amide bonds. The minimum atomic E-state index is -0.260. The van der Waals surface area contributed by atoms with Crippen molar-refractivity contribution >= 4 is 37.6 Å². The first-order chi connectivity index (χ1) is 12.9. The summed E-state index contributed by atoms with van der Waals surface area (Å²) in [4.78, 5) is 24.3. The summed E-state index contributed by atoms with van der Waals surface area (Å²) in [5.41, 5.74) is 3.38. The lowest BCUT2D eigenvalue weighted by atomic mass is 9.98. The lowest BCUT2D eigenvalue weighted by molar-refractivity contribution is 0.103. The number of H-pyrrole nitrogens is 1. The molecule has 7 heteroatoms. The van der Waals surface area contributed by atoms with Crippen LogP contribution in [0.4, 0.5) is 0 Å². The van der Waals surface area contributed by atoms with Gasteiger partial charge < -0.3 is 4.74 Å². The highest BCUT2D eigenvalue weighted by Crippen LogP contribution is 2.31. The summed E-state index contributed by atoms with van der Waals surface area (Å²) in [6, 6.07) is 12.2. The van der Waals surface area contributed by atoms with Gasteiger partial charge in [-0.25, -0.2) is 5.10 Å². The molecule has 1 heterocycles. The molecule has 0 fully saturated rings. The Morgan fingerprint density at radius 3 is 2.41 bits per heavy atom. The molecule has 2 aromatic carbocycles. The van der Waals surface area contributed by atoms with Gasteiger partial charge in [-0.2, -0.15) is 5.10 Å². The number of ether oxygens (including phenoxy) is 1. The number of carbonyl (C=O) groups is 1. The number of hydrogen-bond donors (Lipinski definition) is 1. The Bertz CT molecular complexity index is 1030. The second-order valence-electron chi connectivity index (χ2n) is 6.05. The molecular formula is C20H16Br2N2O3. The van der Waals surface area contributed by atoms with Gasteiger partial charge >= 0.3 is 0 Å². The fourth-order valence-corrected chi connectivity index (χ4v) is 4.56. The van der Waals surface area contributed by atoms with E-state index in [9.17, 15) is 9.59 Å². The number of aromatic amines is 1. The maximum Gasteiger partial charge on any atom is 0.264 e. The van der Waals surface area contributed by atoms with E-state index in [2.05, 4.69) is 42.1 Å². The Balaban J connectivity index is 2.01. The quantitative estimate of drug-likeness (QED) is 0.536. The molecular weight excluding hydrogens is 476 g/mol. The summed E-state index contributed by atoms with van der Waals surface area (Å²) in [5.74, 6) is 0.550. The van der Waals surface area contributed by atoms with Crippen molar-refractivity contribution in [1.82, 2.24) is 10.2 Å². The van der Waals surface area contributed by atoms with Gasteiger partial charge in [0, 0.05) is 32.6 Å². The molecule has 0 bridgehead atoms. The Morgan fingerprint density at radius 1 is 1.11 bits per heavy atom. The van der Waals surface area contributed by atoms with E-state index in [0.717, 1.165) is 20.1 Å². The van der Waals surface area contributed by atoms with Crippen LogP contribution in [0.15, 0.2) is 56.2 Å². The van der Waals surface area contributed by atoms with E-state index >= 15 is 0 Å². The van der Waals surface area contributed by atoms with Crippen molar-refractivity contribution in [2.24, 2.45) is 0 Å². The van der Waals surface area contributed by atoms with Gasteiger partial charge in [-0.15, -0.1) is 0 Å². The second-order valence-corrected chi connectivity index (χ2v) is 7.76. The predicted molar refractivity (Wildman–Crippen MR) is 111 cm³/mol. The number of carbonyl (C=O) groups excluding carboxylic acids is 1. The van der Waals surface area contributed by atoms with E-state index in [1.54, 1.807) is 31.4 Å². The number of nitrogens with zero attached hydrogens (tertiary/aromatic N) is 1. The average molecular weight is 492 g/mol. The van der Waals surface area contributed by atoms with Crippen molar-refractivity contribution in [3.8, 4) is 5.75 Å². The van der Waals surface area contributed by atoms with Crippen LogP contribution in [0.2, 0.25) is 0 Å². The van der Waals surface area contributed by atoms with Crippen molar-refractivity contribution in [1.29, 1.82) is 0 Å². The molecule has 0 saturated heterocycles. The molecule has 0 aliphatic rings. The number of benzene rings is 2. The van der Waals surface area contributed by atoms with E-state index in [-0.39, 0.29) is 11.3 Å². The minimum Gasteiger partial charge on any atom is -0.496 e. The molecule has 0 unspecified atom stereocenters. The van der Waals surface area contributed by atoms with Gasteiger partial charge in [0.15, 0.2) is 5.78 Å². The van der Waals surface area contributed by atoms with Gasteiger partial charge in [0.1, 0.15) is 5.75 Å². The third kappa shape index (κ3) is 4.36. The average Bonchev–Trinajstić information content (AvgIpc) is 2.62. The highest BCUT2D eigenvalue weighted by atomic mass is 79.9. The van der Waals surface area contributed by atoms with Gasteiger partial charge in [0.05, 0.1) is 18.4 Å². The van der Waals surface area contributed by atoms with Crippen molar-refractivity contribution < 1.29 is 9.53 Å². The van der Waals surface area contributed by atoms with Gasteiger partial charge in [0.25, 0.3) is 5.56 Å². The first kappa shape index (κ1) is 19.5. The highest BCUT2D eigenvalue weighted by molar-refractivity contribution is 9.11. The maximum absolute atomic E-state index is 13.1. The molecule has 1 aromatic heterocycles. The van der Waals surface area contributed by atoms with Crippen LogP contribution in [0, 0.1) is 6.92 Å². The van der Waals surface area contributed by atoms with Gasteiger partial charge in [0.2, 0.25) is 0 Å². The van der Waals surface area contributed by atoms with Crippen LogP contribution in [0.3, 0.4) is 0 Å². The van der Waals surface area contributed by atoms with E-state index in [1.807, 2.05) is 19.1 Å². The van der Waals surface area contributed by atoms with Crippen LogP contribution in [-0.2, 0) is 6.42 Å². The fraction of sp³-hybridized carbons (Fsp3) is 0.150. The molecule has 0 atom stereocenters. The zero-order chi connectivity index (χ0) is 19.6. The summed E-state index contributed by atoms with van der Waals surface area (Å²) in [7, 11) is 1.58. The highest BCUT2D eigenvalue weighted by Gasteiger charge is 2.18. The number of nitrogens with one attached hydrogen (secondary N) is 1. The second kappa shape index (κ2) is 8.19. The normalized spacial score (nSPS) is 10.7. The summed E-state index contributed by atoms with van der Waals surface area (Å²) in [5, 5.41) is 6.44. The van der Waals surface area contributed by atoms with Crippen molar-refractivity contribution in [2.75, 3.05) is 7.11 Å². The van der Waals surface area contributed by atoms with Crippen LogP contribution in [0.25, 0.3) is 0 Å². The Labute approximate surface area is 173 Å². The molecule has 3 aromatic rings. The standard InChI is InChI=1S/C20H16Br2N2O3/c1-11-7-15(21)19(16(22)8-11)20(26)12-3-5-17(27-2)13(9-12)10-14-4-6-18(25)24-23-14/h3-9H,10H2,1-2H3,(H,24,25). The third-order valence-electron chi connectivity index (χ3n) is 4.06. The molecule has 138 valence electrons. The minimum absolute atomic E-state index is 0.105. The van der Waals surface area contributed by atoms with Crippen LogP contribution in [0.1, 0.15) is 32.7 Å². The van der Waals surface area contributed by atoms with Crippen molar-refractivity contribution in [3.05, 3.63) is 89.7 Å². The van der Waals surface area contributed by atoms with Gasteiger partial charge in [-0.1, -0.05) is 0 Å². The van der Waals surface area contributed by atoms with E-state index < -0.39 is 0 Å². The monoisotopic (exact) mass is 490 g/mol. The fourth-order valence-electron chi connectivity index (χ4n) is 2.79. The summed E-state index contributed by atoms with van der Waals surface area (Å²) < 4.78 is 6.89. The number of aromatic nitrogens is 2. The molecule has 27 heavy (non-hydrogen) atoms. The number of methoxy groups -OCH3 is 1. The van der Waals surface area contributed by atoms with Crippen LogP contribution in [0.5, 0.6) is 5.75 Å². The lowest BCUT2D eigenvalue weighted by Crippen LogP contribution is -2.09. The van der Waals surface area contributed by atoms with E-state index in [0.29, 0.717) is 29.0 Å². The first-order valence-electron chi connectivity index (χ1n) is 8.11. The molecule has 0 aliphatic carbocycles. The number of rotatable bonds is 5. The van der Waals surface area contributed by atoms with Crippen LogP contribution >= 0.6 is 31.9 Å². The molecule has 0 aliphatic heterocycles. The summed E-state index contributed by atoms with van der Waals surface area (Å²) in [6.07, 6.45) is 0.428. The number of aryl methyl sites for hydroxylation is 1. The number of hydrogen-bond acceptors (Lipinski definition) is 4. The van der Waals surface area contributed by atoms with Crippen molar-refractivity contribution in [2.45, 2.75) is 13.3 Å².